The lowest BCUT2D eigenvalue weighted by Gasteiger charge is -2.07. The van der Waals surface area contributed by atoms with Crippen LogP contribution < -0.4 is 16.0 Å². The van der Waals surface area contributed by atoms with E-state index >= 15 is 0 Å². The van der Waals surface area contributed by atoms with E-state index in [4.69, 9.17) is 11.6 Å². The average Bonchev–Trinajstić information content (AvgIpc) is 2.41. The summed E-state index contributed by atoms with van der Waals surface area (Å²) in [5.74, 6) is -1.53. The molecule has 6 nitrogen and oxygen atoms in total. The van der Waals surface area contributed by atoms with Crippen molar-refractivity contribution < 1.29 is 14.4 Å². The minimum Gasteiger partial charge on any atom is -0.359 e. The molecule has 0 unspecified atom stereocenters. The van der Waals surface area contributed by atoms with E-state index in [1.54, 1.807) is 24.3 Å². The molecule has 19 heavy (non-hydrogen) atoms. The fraction of sp³-hybridized carbons (Fsp3) is 0.250. The molecular formula is C12H14ClN3O3. The van der Waals surface area contributed by atoms with Crippen molar-refractivity contribution in [2.75, 3.05) is 18.4 Å². The smallest absolute Gasteiger partial charge is 0.313 e. The summed E-state index contributed by atoms with van der Waals surface area (Å²) in [4.78, 5) is 32.9. The summed E-state index contributed by atoms with van der Waals surface area (Å²) in [7, 11) is 0. The number of nitrogens with one attached hydrogen (secondary N) is 3. The van der Waals surface area contributed by atoms with Crippen molar-refractivity contribution in [2.45, 2.75) is 6.42 Å². The second-order valence-corrected chi connectivity index (χ2v) is 4.02. The fourth-order valence-electron chi connectivity index (χ4n) is 1.27. The molecule has 0 aromatic heterocycles. The monoisotopic (exact) mass is 283 g/mol. The van der Waals surface area contributed by atoms with E-state index in [-0.39, 0.29) is 0 Å². The molecule has 0 saturated heterocycles. The van der Waals surface area contributed by atoms with Crippen molar-refractivity contribution in [3.63, 3.8) is 0 Å². The van der Waals surface area contributed by atoms with Gasteiger partial charge < -0.3 is 16.0 Å². The molecule has 1 rings (SSSR count). The SMILES string of the molecule is O=CNCCCNC(=O)C(=O)Nc1ccccc1Cl. The number of hydrogen-bond donors (Lipinski definition) is 3. The van der Waals surface area contributed by atoms with Crippen LogP contribution in [-0.4, -0.2) is 31.3 Å². The van der Waals surface area contributed by atoms with Gasteiger partial charge in [0.05, 0.1) is 10.7 Å². The number of carbonyl (C=O) groups is 3. The van der Waals surface area contributed by atoms with E-state index in [0.717, 1.165) is 0 Å². The first-order valence-electron chi connectivity index (χ1n) is 5.66. The molecule has 102 valence electrons. The molecule has 3 amide bonds. The second-order valence-electron chi connectivity index (χ2n) is 3.62. The number of benzene rings is 1. The zero-order valence-electron chi connectivity index (χ0n) is 10.1. The van der Waals surface area contributed by atoms with E-state index in [1.165, 1.54) is 0 Å². The van der Waals surface area contributed by atoms with Crippen LogP contribution >= 0.6 is 11.6 Å². The van der Waals surface area contributed by atoms with Gasteiger partial charge >= 0.3 is 11.8 Å². The Morgan fingerprint density at radius 3 is 2.58 bits per heavy atom. The summed E-state index contributed by atoms with van der Waals surface area (Å²) in [6.07, 6.45) is 1.12. The van der Waals surface area contributed by atoms with Crippen molar-refractivity contribution in [2.24, 2.45) is 0 Å². The van der Waals surface area contributed by atoms with E-state index in [0.29, 0.717) is 36.6 Å². The standard InChI is InChI=1S/C12H14ClN3O3/c13-9-4-1-2-5-10(9)16-12(19)11(18)15-7-3-6-14-8-17/h1-2,4-5,8H,3,6-7H2,(H,14,17)(H,15,18)(H,16,19). The molecule has 0 bridgehead atoms. The summed E-state index contributed by atoms with van der Waals surface area (Å²) in [5.41, 5.74) is 0.381. The van der Waals surface area contributed by atoms with Gasteiger partial charge in [-0.2, -0.15) is 0 Å². The van der Waals surface area contributed by atoms with Gasteiger partial charge in [-0.25, -0.2) is 0 Å². The van der Waals surface area contributed by atoms with Crippen LogP contribution in [-0.2, 0) is 14.4 Å². The maximum atomic E-state index is 11.5. The van der Waals surface area contributed by atoms with Crippen LogP contribution in [0.4, 0.5) is 5.69 Å². The van der Waals surface area contributed by atoms with E-state index < -0.39 is 11.8 Å². The highest BCUT2D eigenvalue weighted by Crippen LogP contribution is 2.19. The second kappa shape index (κ2) is 8.10. The zero-order chi connectivity index (χ0) is 14.1. The maximum Gasteiger partial charge on any atom is 0.313 e. The van der Waals surface area contributed by atoms with Crippen LogP contribution in [0.1, 0.15) is 6.42 Å². The molecule has 0 radical (unpaired) electrons. The third-order valence-corrected chi connectivity index (χ3v) is 2.52. The molecule has 0 fully saturated rings. The Morgan fingerprint density at radius 2 is 1.89 bits per heavy atom. The minimum atomic E-state index is -0.781. The Kier molecular flexibility index (Phi) is 6.38. The van der Waals surface area contributed by atoms with Crippen molar-refractivity contribution in [3.8, 4) is 0 Å². The Bertz CT molecular complexity index is 465. The van der Waals surface area contributed by atoms with Gasteiger partial charge in [0.1, 0.15) is 0 Å². The van der Waals surface area contributed by atoms with Crippen LogP contribution in [0, 0.1) is 0 Å². The number of halogens is 1. The van der Waals surface area contributed by atoms with Gasteiger partial charge in [0.25, 0.3) is 0 Å². The summed E-state index contributed by atoms with van der Waals surface area (Å²) >= 11 is 5.85. The molecule has 3 N–H and O–H groups in total. The van der Waals surface area contributed by atoms with Crippen LogP contribution in [0.3, 0.4) is 0 Å². The van der Waals surface area contributed by atoms with Crippen molar-refractivity contribution in [1.82, 2.24) is 10.6 Å². The summed E-state index contributed by atoms with van der Waals surface area (Å²) in [5, 5.41) is 7.65. The largest absolute Gasteiger partial charge is 0.359 e. The molecule has 0 heterocycles. The molecule has 1 aromatic carbocycles. The van der Waals surface area contributed by atoms with Crippen LogP contribution in [0.5, 0.6) is 0 Å². The number of anilines is 1. The van der Waals surface area contributed by atoms with Crippen molar-refractivity contribution in [1.29, 1.82) is 0 Å². The molecule has 0 spiro atoms. The molecule has 7 heteroatoms. The van der Waals surface area contributed by atoms with E-state index in [1.807, 2.05) is 0 Å². The quantitative estimate of drug-likeness (QED) is 0.404. The Morgan fingerprint density at radius 1 is 1.16 bits per heavy atom. The molecule has 0 atom stereocenters. The normalized spacial score (nSPS) is 9.53. The first kappa shape index (κ1) is 15.0. The van der Waals surface area contributed by atoms with Crippen LogP contribution in [0.25, 0.3) is 0 Å². The molecule has 0 aliphatic rings. The van der Waals surface area contributed by atoms with Gasteiger partial charge in [-0.1, -0.05) is 23.7 Å². The van der Waals surface area contributed by atoms with E-state index in [9.17, 15) is 14.4 Å². The Balaban J connectivity index is 2.35. The van der Waals surface area contributed by atoms with E-state index in [2.05, 4.69) is 16.0 Å². The molecular weight excluding hydrogens is 270 g/mol. The number of amides is 3. The summed E-state index contributed by atoms with van der Waals surface area (Å²) in [6.45, 7) is 0.742. The molecule has 0 saturated carbocycles. The maximum absolute atomic E-state index is 11.5. The number of para-hydroxylation sites is 1. The van der Waals surface area contributed by atoms with Gasteiger partial charge in [-0.3, -0.25) is 14.4 Å². The fourth-order valence-corrected chi connectivity index (χ4v) is 1.46. The van der Waals surface area contributed by atoms with Crippen LogP contribution in [0.15, 0.2) is 24.3 Å². The minimum absolute atomic E-state index is 0.301. The zero-order valence-corrected chi connectivity index (χ0v) is 10.9. The highest BCUT2D eigenvalue weighted by Gasteiger charge is 2.13. The van der Waals surface area contributed by atoms with Crippen molar-refractivity contribution in [3.05, 3.63) is 29.3 Å². The number of hydrogen-bond acceptors (Lipinski definition) is 3. The predicted molar refractivity (Wildman–Crippen MR) is 71.8 cm³/mol. The van der Waals surface area contributed by atoms with Gasteiger partial charge in [-0.15, -0.1) is 0 Å². The Hall–Kier alpha value is -2.08. The lowest BCUT2D eigenvalue weighted by Crippen LogP contribution is -2.36. The van der Waals surface area contributed by atoms with Crippen molar-refractivity contribution >= 4 is 35.5 Å². The third-order valence-electron chi connectivity index (χ3n) is 2.20. The average molecular weight is 284 g/mol. The highest BCUT2D eigenvalue weighted by atomic mass is 35.5. The molecule has 0 aliphatic carbocycles. The summed E-state index contributed by atoms with van der Waals surface area (Å²) < 4.78 is 0. The summed E-state index contributed by atoms with van der Waals surface area (Å²) in [6, 6.07) is 6.63. The number of rotatable bonds is 6. The first-order valence-corrected chi connectivity index (χ1v) is 6.03. The highest BCUT2D eigenvalue weighted by molar-refractivity contribution is 6.41. The topological polar surface area (TPSA) is 87.3 Å². The predicted octanol–water partition coefficient (Wildman–Crippen LogP) is 0.531. The lowest BCUT2D eigenvalue weighted by atomic mass is 10.3. The molecule has 0 aliphatic heterocycles. The lowest BCUT2D eigenvalue weighted by molar-refractivity contribution is -0.136. The third kappa shape index (κ3) is 5.39. The first-order chi connectivity index (χ1) is 9.15. The number of carbonyl (C=O) groups excluding carboxylic acids is 3. The van der Waals surface area contributed by atoms with Crippen LogP contribution in [0.2, 0.25) is 5.02 Å². The van der Waals surface area contributed by atoms with Gasteiger partial charge in [0, 0.05) is 13.1 Å². The van der Waals surface area contributed by atoms with Gasteiger partial charge in [0.15, 0.2) is 0 Å². The molecule has 1 aromatic rings. The Labute approximate surface area is 115 Å². The van der Waals surface area contributed by atoms with Gasteiger partial charge in [-0.05, 0) is 18.6 Å². The van der Waals surface area contributed by atoms with Gasteiger partial charge in [0.2, 0.25) is 6.41 Å².